The van der Waals surface area contributed by atoms with E-state index < -0.39 is 0 Å². The zero-order chi connectivity index (χ0) is 8.36. The van der Waals surface area contributed by atoms with Crippen LogP contribution in [0.25, 0.3) is 0 Å². The van der Waals surface area contributed by atoms with Gasteiger partial charge in [0.2, 0.25) is 0 Å². The van der Waals surface area contributed by atoms with Gasteiger partial charge in [0.15, 0.2) is 0 Å². The Morgan fingerprint density at radius 3 is 2.64 bits per heavy atom. The maximum Gasteiger partial charge on any atom is 0.0990 e. The van der Waals surface area contributed by atoms with Gasteiger partial charge in [0.05, 0.1) is 13.2 Å². The highest BCUT2D eigenvalue weighted by molar-refractivity contribution is 4.38. The molecule has 0 aromatic rings. The topological polar surface area (TPSA) is 48.9 Å². The van der Waals surface area contributed by atoms with Crippen molar-refractivity contribution < 1.29 is 10.2 Å². The molecule has 0 rings (SSSR count). The van der Waals surface area contributed by atoms with E-state index in [0.29, 0.717) is 13.2 Å². The van der Waals surface area contributed by atoms with Crippen molar-refractivity contribution in [3.63, 3.8) is 0 Å². The van der Waals surface area contributed by atoms with Crippen molar-refractivity contribution >= 4 is 0 Å². The van der Waals surface area contributed by atoms with Crippen molar-refractivity contribution in [2.24, 2.45) is 0 Å². The molecule has 0 aliphatic rings. The van der Waals surface area contributed by atoms with E-state index in [-0.39, 0.29) is 0 Å². The predicted molar refractivity (Wildman–Crippen MR) is 45.1 cm³/mol. The van der Waals surface area contributed by atoms with E-state index in [1.165, 1.54) is 19.3 Å². The first-order valence-corrected chi connectivity index (χ1v) is 4.43. The van der Waals surface area contributed by atoms with Crippen molar-refractivity contribution in [2.45, 2.75) is 32.6 Å². The van der Waals surface area contributed by atoms with Crippen LogP contribution in [0.15, 0.2) is 0 Å². The SMILES string of the molecule is CCCCCCOCC[NH2+][O-]. The van der Waals surface area contributed by atoms with Crippen molar-refractivity contribution in [2.75, 3.05) is 19.8 Å². The highest BCUT2D eigenvalue weighted by Gasteiger charge is 1.88. The Morgan fingerprint density at radius 2 is 2.00 bits per heavy atom. The Bertz CT molecular complexity index is 61.1. The lowest BCUT2D eigenvalue weighted by Gasteiger charge is -2.03. The molecule has 2 N–H and O–H groups in total. The Morgan fingerprint density at radius 1 is 1.18 bits per heavy atom. The van der Waals surface area contributed by atoms with Gasteiger partial charge in [0.25, 0.3) is 0 Å². The van der Waals surface area contributed by atoms with Gasteiger partial charge in [-0.1, -0.05) is 26.2 Å². The molecule has 0 amide bonds. The molecule has 11 heavy (non-hydrogen) atoms. The van der Waals surface area contributed by atoms with E-state index in [1.807, 2.05) is 0 Å². The van der Waals surface area contributed by atoms with Gasteiger partial charge in [-0.15, -0.1) is 0 Å². The van der Waals surface area contributed by atoms with E-state index in [2.05, 4.69) is 6.92 Å². The molecule has 0 radical (unpaired) electrons. The molecular weight excluding hydrogens is 142 g/mol. The molecule has 0 bridgehead atoms. The summed E-state index contributed by atoms with van der Waals surface area (Å²) in [5.74, 6) is 0. The van der Waals surface area contributed by atoms with Crippen LogP contribution in [0.1, 0.15) is 32.6 Å². The fraction of sp³-hybridized carbons (Fsp3) is 1.00. The summed E-state index contributed by atoms with van der Waals surface area (Å²) in [6, 6.07) is 0. The van der Waals surface area contributed by atoms with Crippen LogP contribution < -0.4 is 5.48 Å². The van der Waals surface area contributed by atoms with Gasteiger partial charge in [-0.3, -0.25) is 0 Å². The highest BCUT2D eigenvalue weighted by atomic mass is 16.5. The number of nitrogens with two attached hydrogens (primary N) is 1. The summed E-state index contributed by atoms with van der Waals surface area (Å²) in [6.07, 6.45) is 4.93. The third-order valence-electron chi connectivity index (χ3n) is 1.52. The van der Waals surface area contributed by atoms with Gasteiger partial charge in [-0.2, -0.15) is 0 Å². The van der Waals surface area contributed by atoms with Gasteiger partial charge in [0, 0.05) is 6.61 Å². The van der Waals surface area contributed by atoms with Gasteiger partial charge in [0.1, 0.15) is 0 Å². The predicted octanol–water partition coefficient (Wildman–Crippen LogP) is 0.645. The molecule has 0 aromatic heterocycles. The van der Waals surface area contributed by atoms with Gasteiger partial charge >= 0.3 is 0 Å². The van der Waals surface area contributed by atoms with Crippen molar-refractivity contribution in [1.82, 2.24) is 0 Å². The molecule has 0 saturated heterocycles. The molecule has 68 valence electrons. The summed E-state index contributed by atoms with van der Waals surface area (Å²) in [6.45, 7) is 4.13. The van der Waals surface area contributed by atoms with E-state index >= 15 is 0 Å². The number of ether oxygens (including phenoxy) is 1. The van der Waals surface area contributed by atoms with Crippen LogP contribution in [0.3, 0.4) is 0 Å². The molecule has 0 atom stereocenters. The first-order valence-electron chi connectivity index (χ1n) is 4.43. The average molecular weight is 161 g/mol. The summed E-state index contributed by atoms with van der Waals surface area (Å²) >= 11 is 0. The first kappa shape index (κ1) is 10.9. The van der Waals surface area contributed by atoms with Crippen LogP contribution in [0.5, 0.6) is 0 Å². The Kier molecular flexibility index (Phi) is 9.77. The third-order valence-corrected chi connectivity index (χ3v) is 1.52. The van der Waals surface area contributed by atoms with Crippen molar-refractivity contribution in [1.29, 1.82) is 0 Å². The highest BCUT2D eigenvalue weighted by Crippen LogP contribution is 1.98. The third kappa shape index (κ3) is 9.88. The fourth-order valence-electron chi connectivity index (χ4n) is 0.864. The fourth-order valence-corrected chi connectivity index (χ4v) is 0.864. The van der Waals surface area contributed by atoms with Crippen LogP contribution in [0.2, 0.25) is 0 Å². The van der Waals surface area contributed by atoms with Gasteiger partial charge < -0.3 is 15.4 Å². The lowest BCUT2D eigenvalue weighted by molar-refractivity contribution is -0.590. The maximum atomic E-state index is 9.86. The second-order valence-corrected chi connectivity index (χ2v) is 2.63. The average Bonchev–Trinajstić information content (AvgIpc) is 2.03. The summed E-state index contributed by atoms with van der Waals surface area (Å²) in [5, 5.41) is 9.86. The van der Waals surface area contributed by atoms with E-state index in [1.54, 1.807) is 0 Å². The van der Waals surface area contributed by atoms with Crippen LogP contribution in [0, 0.1) is 5.21 Å². The summed E-state index contributed by atoms with van der Waals surface area (Å²) in [7, 11) is 0. The largest absolute Gasteiger partial charge is 0.636 e. The number of hydrogen-bond donors (Lipinski definition) is 1. The minimum Gasteiger partial charge on any atom is -0.636 e. The number of unbranched alkanes of at least 4 members (excludes halogenated alkanes) is 3. The maximum absolute atomic E-state index is 9.86. The molecule has 3 nitrogen and oxygen atoms in total. The molecule has 0 aliphatic heterocycles. The number of hydroxylamine groups is 1. The molecule has 0 spiro atoms. The minimum absolute atomic E-state index is 0.535. The van der Waals surface area contributed by atoms with Crippen molar-refractivity contribution in [3.8, 4) is 0 Å². The normalized spacial score (nSPS) is 10.4. The van der Waals surface area contributed by atoms with Crippen LogP contribution in [-0.2, 0) is 4.74 Å². The molecule has 0 aliphatic carbocycles. The smallest absolute Gasteiger partial charge is 0.0990 e. The molecule has 0 heterocycles. The zero-order valence-corrected chi connectivity index (χ0v) is 7.34. The van der Waals surface area contributed by atoms with E-state index in [0.717, 1.165) is 18.5 Å². The summed E-state index contributed by atoms with van der Waals surface area (Å²) < 4.78 is 5.19. The molecule has 3 heteroatoms. The van der Waals surface area contributed by atoms with Crippen molar-refractivity contribution in [3.05, 3.63) is 5.21 Å². The van der Waals surface area contributed by atoms with Gasteiger partial charge in [-0.05, 0) is 6.42 Å². The second-order valence-electron chi connectivity index (χ2n) is 2.63. The molecule has 0 saturated carbocycles. The summed E-state index contributed by atoms with van der Waals surface area (Å²) in [4.78, 5) is 0. The van der Waals surface area contributed by atoms with Crippen LogP contribution in [-0.4, -0.2) is 19.8 Å². The Balaban J connectivity index is 2.69. The molecular formula is C8H19NO2. The monoisotopic (exact) mass is 161 g/mol. The first-order chi connectivity index (χ1) is 5.41. The Labute approximate surface area is 68.7 Å². The number of quaternary nitrogens is 1. The molecule has 0 fully saturated rings. The minimum atomic E-state index is 0.535. The van der Waals surface area contributed by atoms with Gasteiger partial charge in [-0.25, -0.2) is 0 Å². The number of rotatable bonds is 8. The lowest BCUT2D eigenvalue weighted by atomic mass is 10.2. The van der Waals surface area contributed by atoms with Crippen LogP contribution >= 0.6 is 0 Å². The second kappa shape index (κ2) is 9.88. The number of hydrogen-bond acceptors (Lipinski definition) is 2. The quantitative estimate of drug-likeness (QED) is 0.419. The summed E-state index contributed by atoms with van der Waals surface area (Å²) in [5.41, 5.74) is 0.895. The zero-order valence-electron chi connectivity index (χ0n) is 7.34. The van der Waals surface area contributed by atoms with E-state index in [9.17, 15) is 5.21 Å². The van der Waals surface area contributed by atoms with Crippen LogP contribution in [0.4, 0.5) is 0 Å². The molecule has 0 aromatic carbocycles. The van der Waals surface area contributed by atoms with E-state index in [4.69, 9.17) is 4.74 Å². The standard InChI is InChI=1S/C8H19NO2/c1-2-3-4-5-7-11-8-6-9-10/h2-9H2,1H3. The molecule has 0 unspecified atom stereocenters. The lowest BCUT2D eigenvalue weighted by Crippen LogP contribution is -2.78. The Hall–Kier alpha value is -0.120.